The molecule has 1 rings (SSSR count). The van der Waals surface area contributed by atoms with Gasteiger partial charge in [0.25, 0.3) is 5.91 Å². The summed E-state index contributed by atoms with van der Waals surface area (Å²) < 4.78 is 4.37. The second-order valence-electron chi connectivity index (χ2n) is 1.54. The summed E-state index contributed by atoms with van der Waals surface area (Å²) in [7, 11) is 0. The van der Waals surface area contributed by atoms with Crippen LogP contribution < -0.4 is 5.32 Å². The SMILES string of the molecule is C[C@@H]1OC(=O)NC1=O. The maximum atomic E-state index is 10.3. The lowest BCUT2D eigenvalue weighted by atomic mass is 10.4. The largest absolute Gasteiger partial charge is 0.436 e. The predicted molar refractivity (Wildman–Crippen MR) is 24.1 cm³/mol. The Balaban J connectivity index is 2.64. The summed E-state index contributed by atoms with van der Waals surface area (Å²) in [4.78, 5) is 20.4. The van der Waals surface area contributed by atoms with Crippen LogP contribution in [0.2, 0.25) is 0 Å². The molecule has 0 radical (unpaired) electrons. The van der Waals surface area contributed by atoms with E-state index in [1.807, 2.05) is 5.32 Å². The predicted octanol–water partition coefficient (Wildman–Crippen LogP) is -0.359. The molecule has 1 aliphatic heterocycles. The van der Waals surface area contributed by atoms with Gasteiger partial charge in [-0.2, -0.15) is 0 Å². The molecule has 0 aromatic heterocycles. The molecule has 8 heavy (non-hydrogen) atoms. The normalized spacial score (nSPS) is 27.4. The van der Waals surface area contributed by atoms with Gasteiger partial charge in [0.1, 0.15) is 0 Å². The average molecular weight is 115 g/mol. The standard InChI is InChI=1S/C4H5NO3/c1-2-3(6)5-4(7)8-2/h2H,1H3,(H,5,6,7)/t2-/m0/s1. The van der Waals surface area contributed by atoms with Gasteiger partial charge in [-0.25, -0.2) is 4.79 Å². The number of carbonyl (C=O) groups excluding carboxylic acids is 2. The van der Waals surface area contributed by atoms with Crippen LogP contribution in [0.25, 0.3) is 0 Å². The van der Waals surface area contributed by atoms with E-state index in [4.69, 9.17) is 0 Å². The van der Waals surface area contributed by atoms with Crippen LogP contribution in [0.15, 0.2) is 0 Å². The van der Waals surface area contributed by atoms with Crippen molar-refractivity contribution in [2.75, 3.05) is 0 Å². The molecule has 1 heterocycles. The lowest BCUT2D eigenvalue weighted by molar-refractivity contribution is -0.122. The molecule has 0 aromatic rings. The van der Waals surface area contributed by atoms with Crippen molar-refractivity contribution in [2.24, 2.45) is 0 Å². The highest BCUT2D eigenvalue weighted by Crippen LogP contribution is 1.98. The van der Waals surface area contributed by atoms with Crippen LogP contribution in [0.5, 0.6) is 0 Å². The van der Waals surface area contributed by atoms with Gasteiger partial charge in [-0.05, 0) is 6.92 Å². The van der Waals surface area contributed by atoms with Gasteiger partial charge in [-0.3, -0.25) is 10.1 Å². The van der Waals surface area contributed by atoms with Crippen molar-refractivity contribution in [1.82, 2.24) is 5.32 Å². The van der Waals surface area contributed by atoms with Crippen LogP contribution >= 0.6 is 0 Å². The molecule has 1 atom stereocenters. The van der Waals surface area contributed by atoms with Crippen molar-refractivity contribution in [3.8, 4) is 0 Å². The van der Waals surface area contributed by atoms with E-state index in [9.17, 15) is 9.59 Å². The molecule has 0 aromatic carbocycles. The number of ether oxygens (including phenoxy) is 1. The average Bonchev–Trinajstić information content (AvgIpc) is 1.85. The molecule has 2 amide bonds. The van der Waals surface area contributed by atoms with Crippen LogP contribution in [0.3, 0.4) is 0 Å². The second kappa shape index (κ2) is 1.47. The Morgan fingerprint density at radius 2 is 2.25 bits per heavy atom. The van der Waals surface area contributed by atoms with E-state index in [1.165, 1.54) is 6.92 Å². The zero-order chi connectivity index (χ0) is 6.15. The van der Waals surface area contributed by atoms with Crippen LogP contribution in [-0.4, -0.2) is 18.1 Å². The molecule has 1 saturated heterocycles. The van der Waals surface area contributed by atoms with Crippen molar-refractivity contribution in [1.29, 1.82) is 0 Å². The van der Waals surface area contributed by atoms with Crippen LogP contribution in [0.1, 0.15) is 6.92 Å². The minimum Gasteiger partial charge on any atom is -0.436 e. The highest BCUT2D eigenvalue weighted by molar-refractivity contribution is 5.99. The molecule has 4 nitrogen and oxygen atoms in total. The van der Waals surface area contributed by atoms with Gasteiger partial charge in [0.05, 0.1) is 0 Å². The minimum absolute atomic E-state index is 0.366. The summed E-state index contributed by atoms with van der Waals surface area (Å²) >= 11 is 0. The van der Waals surface area contributed by atoms with Crippen molar-refractivity contribution in [3.63, 3.8) is 0 Å². The molecule has 4 heteroatoms. The Labute approximate surface area is 45.8 Å². The van der Waals surface area contributed by atoms with Crippen molar-refractivity contribution in [3.05, 3.63) is 0 Å². The fourth-order valence-electron chi connectivity index (χ4n) is 0.446. The Morgan fingerprint density at radius 1 is 1.62 bits per heavy atom. The molecule has 1 fully saturated rings. The first-order valence-electron chi connectivity index (χ1n) is 2.21. The highest BCUT2D eigenvalue weighted by Gasteiger charge is 2.27. The number of rotatable bonds is 0. The molecule has 0 bridgehead atoms. The first kappa shape index (κ1) is 5.08. The second-order valence-corrected chi connectivity index (χ2v) is 1.54. The fourth-order valence-corrected chi connectivity index (χ4v) is 0.446. The summed E-state index contributed by atoms with van der Waals surface area (Å²) in [6, 6.07) is 0. The maximum absolute atomic E-state index is 10.3. The number of imide groups is 1. The van der Waals surface area contributed by atoms with E-state index in [0.717, 1.165) is 0 Å². The number of amides is 2. The minimum atomic E-state index is -0.650. The van der Waals surface area contributed by atoms with E-state index < -0.39 is 12.2 Å². The lowest BCUT2D eigenvalue weighted by Crippen LogP contribution is -2.22. The molecule has 0 saturated carbocycles. The smallest absolute Gasteiger partial charge is 0.414 e. The van der Waals surface area contributed by atoms with Crippen LogP contribution in [0.4, 0.5) is 4.79 Å². The van der Waals surface area contributed by atoms with Crippen LogP contribution in [0, 0.1) is 0 Å². The number of hydrogen-bond acceptors (Lipinski definition) is 3. The lowest BCUT2D eigenvalue weighted by Gasteiger charge is -1.91. The first-order chi connectivity index (χ1) is 3.70. The quantitative estimate of drug-likeness (QED) is 0.469. The summed E-state index contributed by atoms with van der Waals surface area (Å²) in [5.74, 6) is -0.366. The molecule has 0 unspecified atom stereocenters. The maximum Gasteiger partial charge on any atom is 0.414 e. The Hall–Kier alpha value is -1.06. The Morgan fingerprint density at radius 3 is 2.38 bits per heavy atom. The summed E-state index contributed by atoms with van der Waals surface area (Å²) in [6.07, 6.45) is -1.26. The van der Waals surface area contributed by atoms with Gasteiger partial charge < -0.3 is 4.74 Å². The number of nitrogens with one attached hydrogen (secondary N) is 1. The number of hydrogen-bond donors (Lipinski definition) is 1. The van der Waals surface area contributed by atoms with E-state index >= 15 is 0 Å². The molecule has 1 N–H and O–H groups in total. The summed E-state index contributed by atoms with van der Waals surface area (Å²) in [5.41, 5.74) is 0. The van der Waals surface area contributed by atoms with Gasteiger partial charge in [0.2, 0.25) is 0 Å². The van der Waals surface area contributed by atoms with Crippen molar-refractivity contribution in [2.45, 2.75) is 13.0 Å². The van der Waals surface area contributed by atoms with E-state index in [1.54, 1.807) is 0 Å². The van der Waals surface area contributed by atoms with Crippen molar-refractivity contribution >= 4 is 12.0 Å². The van der Waals surface area contributed by atoms with Crippen molar-refractivity contribution < 1.29 is 14.3 Å². The summed E-state index contributed by atoms with van der Waals surface area (Å²) in [6.45, 7) is 1.51. The Kier molecular flexibility index (Phi) is 0.932. The molecular formula is C4H5NO3. The highest BCUT2D eigenvalue weighted by atomic mass is 16.6. The molecule has 44 valence electrons. The van der Waals surface area contributed by atoms with Crippen LogP contribution in [-0.2, 0) is 9.53 Å². The third kappa shape index (κ3) is 0.641. The summed E-state index contributed by atoms with van der Waals surface area (Å²) in [5, 5.41) is 1.97. The third-order valence-corrected chi connectivity index (χ3v) is 0.878. The van der Waals surface area contributed by atoms with Gasteiger partial charge in [0.15, 0.2) is 6.10 Å². The number of cyclic esters (lactones) is 1. The van der Waals surface area contributed by atoms with E-state index in [0.29, 0.717) is 0 Å². The molecule has 0 aliphatic carbocycles. The molecular weight excluding hydrogens is 110 g/mol. The van der Waals surface area contributed by atoms with Gasteiger partial charge in [-0.15, -0.1) is 0 Å². The topological polar surface area (TPSA) is 55.4 Å². The van der Waals surface area contributed by atoms with E-state index in [2.05, 4.69) is 4.74 Å². The number of carbonyl (C=O) groups is 2. The van der Waals surface area contributed by atoms with Gasteiger partial charge in [0, 0.05) is 0 Å². The first-order valence-corrected chi connectivity index (χ1v) is 2.21. The number of alkyl carbamates (subject to hydrolysis) is 1. The third-order valence-electron chi connectivity index (χ3n) is 0.878. The monoisotopic (exact) mass is 115 g/mol. The molecule has 1 aliphatic rings. The van der Waals surface area contributed by atoms with Gasteiger partial charge in [-0.1, -0.05) is 0 Å². The van der Waals surface area contributed by atoms with Gasteiger partial charge >= 0.3 is 6.09 Å². The zero-order valence-corrected chi connectivity index (χ0v) is 4.30. The molecule has 0 spiro atoms. The Bertz CT molecular complexity index is 142. The zero-order valence-electron chi connectivity index (χ0n) is 4.30. The fraction of sp³-hybridized carbons (Fsp3) is 0.500. The van der Waals surface area contributed by atoms with E-state index in [-0.39, 0.29) is 5.91 Å².